The standard InChI is InChI=1S/C24H27BrClN5O2/c1-5-30(23(33)27-18-12-8-6-10-16(18)25)15-22(32)28-21-14-20(24(2,3)4)29-31(21)19-13-9-7-11-17(19)26/h6-14H,5,15H2,1-4H3,(H,27,33)(H,28,32). The third-order valence-corrected chi connectivity index (χ3v) is 5.96. The van der Waals surface area contributed by atoms with E-state index in [0.717, 1.165) is 10.2 Å². The van der Waals surface area contributed by atoms with E-state index in [4.69, 9.17) is 11.6 Å². The Morgan fingerprint density at radius 1 is 1.09 bits per heavy atom. The molecule has 0 bridgehead atoms. The van der Waals surface area contributed by atoms with Crippen molar-refractivity contribution in [3.63, 3.8) is 0 Å². The molecule has 3 rings (SSSR count). The van der Waals surface area contributed by atoms with Crippen LogP contribution in [0, 0.1) is 0 Å². The molecule has 1 heterocycles. The number of anilines is 2. The number of halogens is 2. The van der Waals surface area contributed by atoms with Gasteiger partial charge in [-0.3, -0.25) is 4.79 Å². The van der Waals surface area contributed by atoms with Crippen molar-refractivity contribution in [1.82, 2.24) is 14.7 Å². The van der Waals surface area contributed by atoms with Crippen molar-refractivity contribution in [2.45, 2.75) is 33.1 Å². The molecule has 3 aromatic rings. The Morgan fingerprint density at radius 2 is 1.76 bits per heavy atom. The number of likely N-dealkylation sites (N-methyl/N-ethyl adjacent to an activating group) is 1. The summed E-state index contributed by atoms with van der Waals surface area (Å²) in [6.45, 7) is 8.19. The summed E-state index contributed by atoms with van der Waals surface area (Å²) in [7, 11) is 0. The Bertz CT molecular complexity index is 1160. The summed E-state index contributed by atoms with van der Waals surface area (Å²) in [5.41, 5.74) is 1.86. The van der Waals surface area contributed by atoms with E-state index in [9.17, 15) is 9.59 Å². The summed E-state index contributed by atoms with van der Waals surface area (Å²) in [5, 5.41) is 10.9. The Balaban J connectivity index is 1.80. The summed E-state index contributed by atoms with van der Waals surface area (Å²) in [6, 6.07) is 16.1. The Labute approximate surface area is 207 Å². The number of urea groups is 1. The van der Waals surface area contributed by atoms with Gasteiger partial charge in [-0.15, -0.1) is 0 Å². The minimum absolute atomic E-state index is 0.120. The number of hydrogen-bond donors (Lipinski definition) is 2. The van der Waals surface area contributed by atoms with Crippen molar-refractivity contribution in [1.29, 1.82) is 0 Å². The highest BCUT2D eigenvalue weighted by Crippen LogP contribution is 2.29. The van der Waals surface area contributed by atoms with Gasteiger partial charge in [-0.2, -0.15) is 5.10 Å². The Kier molecular flexibility index (Phi) is 7.81. The minimum atomic E-state index is -0.366. The zero-order chi connectivity index (χ0) is 24.2. The van der Waals surface area contributed by atoms with Gasteiger partial charge < -0.3 is 15.5 Å². The highest BCUT2D eigenvalue weighted by molar-refractivity contribution is 9.10. The van der Waals surface area contributed by atoms with Gasteiger partial charge in [0.05, 0.1) is 22.1 Å². The Morgan fingerprint density at radius 3 is 2.39 bits per heavy atom. The molecule has 33 heavy (non-hydrogen) atoms. The van der Waals surface area contributed by atoms with Gasteiger partial charge in [-0.05, 0) is 47.1 Å². The molecule has 1 aromatic heterocycles. The van der Waals surface area contributed by atoms with Crippen LogP contribution in [0.2, 0.25) is 5.02 Å². The van der Waals surface area contributed by atoms with Crippen LogP contribution in [0.1, 0.15) is 33.4 Å². The van der Waals surface area contributed by atoms with Gasteiger partial charge in [-0.25, -0.2) is 9.48 Å². The van der Waals surface area contributed by atoms with Crippen LogP contribution in [-0.4, -0.2) is 39.7 Å². The molecule has 0 radical (unpaired) electrons. The van der Waals surface area contributed by atoms with Gasteiger partial charge in [-0.1, -0.05) is 56.6 Å². The van der Waals surface area contributed by atoms with Crippen LogP contribution in [0.5, 0.6) is 0 Å². The molecule has 0 saturated heterocycles. The second kappa shape index (κ2) is 10.4. The first kappa shape index (κ1) is 24.8. The van der Waals surface area contributed by atoms with Crippen LogP contribution in [0.3, 0.4) is 0 Å². The van der Waals surface area contributed by atoms with E-state index in [0.29, 0.717) is 28.8 Å². The molecule has 0 saturated carbocycles. The van der Waals surface area contributed by atoms with E-state index in [1.807, 2.05) is 70.2 Å². The third-order valence-electron chi connectivity index (χ3n) is 4.94. The molecule has 0 atom stereocenters. The molecule has 0 aliphatic heterocycles. The van der Waals surface area contributed by atoms with Crippen LogP contribution in [0.25, 0.3) is 5.69 Å². The zero-order valence-corrected chi connectivity index (χ0v) is 21.4. The molecule has 3 amide bonds. The molecular weight excluding hydrogens is 506 g/mol. The largest absolute Gasteiger partial charge is 0.322 e. The molecule has 7 nitrogen and oxygen atoms in total. The van der Waals surface area contributed by atoms with E-state index in [-0.39, 0.29) is 23.9 Å². The van der Waals surface area contributed by atoms with Crippen LogP contribution < -0.4 is 10.6 Å². The molecule has 0 fully saturated rings. The normalized spacial score (nSPS) is 11.2. The number of rotatable bonds is 6. The number of carbonyl (C=O) groups is 2. The van der Waals surface area contributed by atoms with Gasteiger partial charge in [0.2, 0.25) is 5.91 Å². The highest BCUT2D eigenvalue weighted by atomic mass is 79.9. The van der Waals surface area contributed by atoms with Crippen LogP contribution in [-0.2, 0) is 10.2 Å². The van der Waals surface area contributed by atoms with E-state index in [1.165, 1.54) is 4.90 Å². The number of hydrogen-bond acceptors (Lipinski definition) is 3. The number of nitrogens with zero attached hydrogens (tertiary/aromatic N) is 3. The van der Waals surface area contributed by atoms with Gasteiger partial charge in [0.15, 0.2) is 0 Å². The van der Waals surface area contributed by atoms with E-state index in [1.54, 1.807) is 16.8 Å². The van der Waals surface area contributed by atoms with Gasteiger partial charge in [0.1, 0.15) is 12.4 Å². The number of carbonyl (C=O) groups excluding carboxylic acids is 2. The van der Waals surface area contributed by atoms with Gasteiger partial charge >= 0.3 is 6.03 Å². The zero-order valence-electron chi connectivity index (χ0n) is 19.0. The van der Waals surface area contributed by atoms with Crippen molar-refractivity contribution in [3.8, 4) is 5.69 Å². The first-order chi connectivity index (χ1) is 15.6. The summed E-state index contributed by atoms with van der Waals surface area (Å²) >= 11 is 9.80. The molecule has 174 valence electrons. The molecule has 0 aliphatic carbocycles. The second-order valence-electron chi connectivity index (χ2n) is 8.50. The van der Waals surface area contributed by atoms with Crippen molar-refractivity contribution < 1.29 is 9.59 Å². The predicted molar refractivity (Wildman–Crippen MR) is 136 cm³/mol. The van der Waals surface area contributed by atoms with Crippen LogP contribution >= 0.6 is 27.5 Å². The lowest BCUT2D eigenvalue weighted by atomic mass is 9.92. The molecular formula is C24H27BrClN5O2. The number of amides is 3. The van der Waals surface area contributed by atoms with Crippen molar-refractivity contribution >= 4 is 51.0 Å². The molecule has 2 N–H and O–H groups in total. The topological polar surface area (TPSA) is 79.3 Å². The van der Waals surface area contributed by atoms with Gasteiger partial charge in [0, 0.05) is 22.5 Å². The smallest absolute Gasteiger partial charge is 0.315 e. The third kappa shape index (κ3) is 6.15. The highest BCUT2D eigenvalue weighted by Gasteiger charge is 2.23. The fraction of sp³-hybridized carbons (Fsp3) is 0.292. The lowest BCUT2D eigenvalue weighted by molar-refractivity contribution is -0.116. The first-order valence-corrected chi connectivity index (χ1v) is 11.7. The molecule has 0 aliphatic rings. The van der Waals surface area contributed by atoms with Crippen molar-refractivity contribution in [2.75, 3.05) is 23.7 Å². The average Bonchev–Trinajstić information content (AvgIpc) is 3.18. The summed E-state index contributed by atoms with van der Waals surface area (Å²) in [6.07, 6.45) is 0. The number of para-hydroxylation sites is 2. The monoisotopic (exact) mass is 531 g/mol. The SMILES string of the molecule is CCN(CC(=O)Nc1cc(C(C)(C)C)nn1-c1ccccc1Cl)C(=O)Nc1ccccc1Br. The second-order valence-corrected chi connectivity index (χ2v) is 9.76. The van der Waals surface area contributed by atoms with Gasteiger partial charge in [0.25, 0.3) is 0 Å². The van der Waals surface area contributed by atoms with Crippen LogP contribution in [0.15, 0.2) is 59.1 Å². The van der Waals surface area contributed by atoms with E-state index < -0.39 is 0 Å². The fourth-order valence-electron chi connectivity index (χ4n) is 3.08. The quantitative estimate of drug-likeness (QED) is 0.404. The molecule has 0 spiro atoms. The molecule has 2 aromatic carbocycles. The van der Waals surface area contributed by atoms with E-state index in [2.05, 4.69) is 31.7 Å². The lowest BCUT2D eigenvalue weighted by Gasteiger charge is -2.21. The van der Waals surface area contributed by atoms with Crippen molar-refractivity contribution in [2.24, 2.45) is 0 Å². The summed E-state index contributed by atoms with van der Waals surface area (Å²) in [5.74, 6) is 0.146. The number of aromatic nitrogens is 2. The van der Waals surface area contributed by atoms with E-state index >= 15 is 0 Å². The molecule has 9 heteroatoms. The van der Waals surface area contributed by atoms with Crippen molar-refractivity contribution in [3.05, 3.63) is 69.8 Å². The predicted octanol–water partition coefficient (Wildman–Crippen LogP) is 6.08. The fourth-order valence-corrected chi connectivity index (χ4v) is 3.68. The first-order valence-electron chi connectivity index (χ1n) is 10.6. The Hall–Kier alpha value is -2.84. The number of nitrogens with one attached hydrogen (secondary N) is 2. The maximum atomic E-state index is 12.9. The maximum absolute atomic E-state index is 12.9. The van der Waals surface area contributed by atoms with Crippen LogP contribution in [0.4, 0.5) is 16.3 Å². The summed E-state index contributed by atoms with van der Waals surface area (Å²) < 4.78 is 2.38. The number of benzene rings is 2. The molecule has 0 unspecified atom stereocenters. The minimum Gasteiger partial charge on any atom is -0.315 e. The average molecular weight is 533 g/mol. The summed E-state index contributed by atoms with van der Waals surface area (Å²) in [4.78, 5) is 27.1. The maximum Gasteiger partial charge on any atom is 0.322 e. The lowest BCUT2D eigenvalue weighted by Crippen LogP contribution is -2.40.